The minimum Gasteiger partial charge on any atom is -0.495 e. The molecule has 1 saturated heterocycles. The van der Waals surface area contributed by atoms with E-state index in [1.807, 2.05) is 36.4 Å². The number of rotatable bonds is 4. The topological polar surface area (TPSA) is 50.3 Å². The molecule has 6 heteroatoms. The molecule has 0 saturated carbocycles. The minimum atomic E-state index is 0.573. The molecule has 0 amide bonds. The fraction of sp³-hybridized carbons (Fsp3) is 0.238. The highest BCUT2D eigenvalue weighted by Crippen LogP contribution is 2.39. The number of nitrogens with one attached hydrogen (secondary N) is 1. The Balaban J connectivity index is 1.91. The zero-order chi connectivity index (χ0) is 18.6. The molecule has 0 aliphatic carbocycles. The van der Waals surface area contributed by atoms with E-state index in [1.165, 1.54) is 0 Å². The Labute approximate surface area is 164 Å². The Kier molecular flexibility index (Phi) is 5.23. The van der Waals surface area contributed by atoms with E-state index in [4.69, 9.17) is 16.3 Å². The second-order valence-corrected chi connectivity index (χ2v) is 6.78. The normalized spacial score (nSPS) is 14.2. The molecule has 0 atom stereocenters. The summed E-state index contributed by atoms with van der Waals surface area (Å²) in [6.07, 6.45) is 1.65. The van der Waals surface area contributed by atoms with Crippen molar-refractivity contribution in [2.45, 2.75) is 0 Å². The summed E-state index contributed by atoms with van der Waals surface area (Å²) < 4.78 is 5.32. The van der Waals surface area contributed by atoms with Gasteiger partial charge in [-0.1, -0.05) is 48.0 Å². The van der Waals surface area contributed by atoms with E-state index in [9.17, 15) is 0 Å². The zero-order valence-corrected chi connectivity index (χ0v) is 15.9. The molecule has 1 fully saturated rings. The molecular weight excluding hydrogens is 360 g/mol. The standard InChI is InChI=1S/C21H21ClN4O/c1-27-18-8-7-16(13-17(18)22)19-20(15-5-3-2-4-6-15)24-14-25-21(19)26-11-9-23-10-12-26/h2-8,13-14,23H,9-12H2,1H3. The van der Waals surface area contributed by atoms with Gasteiger partial charge in [0.2, 0.25) is 0 Å². The third-order valence-electron chi connectivity index (χ3n) is 4.73. The predicted octanol–water partition coefficient (Wildman–Crippen LogP) is 3.88. The van der Waals surface area contributed by atoms with Crippen LogP contribution in [0.4, 0.5) is 5.82 Å². The van der Waals surface area contributed by atoms with Crippen LogP contribution in [0.1, 0.15) is 0 Å². The fourth-order valence-electron chi connectivity index (χ4n) is 3.40. The van der Waals surface area contributed by atoms with Gasteiger partial charge in [0.25, 0.3) is 0 Å². The van der Waals surface area contributed by atoms with Crippen LogP contribution in [0.25, 0.3) is 22.4 Å². The van der Waals surface area contributed by atoms with E-state index >= 15 is 0 Å². The Morgan fingerprint density at radius 2 is 1.78 bits per heavy atom. The third-order valence-corrected chi connectivity index (χ3v) is 5.03. The molecule has 0 bridgehead atoms. The second-order valence-electron chi connectivity index (χ2n) is 6.37. The van der Waals surface area contributed by atoms with Gasteiger partial charge < -0.3 is 15.0 Å². The van der Waals surface area contributed by atoms with Crippen molar-refractivity contribution in [3.05, 3.63) is 59.9 Å². The van der Waals surface area contributed by atoms with Gasteiger partial charge in [0.05, 0.1) is 23.4 Å². The number of methoxy groups -OCH3 is 1. The quantitative estimate of drug-likeness (QED) is 0.744. The average molecular weight is 381 g/mol. The molecule has 0 spiro atoms. The monoisotopic (exact) mass is 380 g/mol. The molecule has 1 aliphatic rings. The summed E-state index contributed by atoms with van der Waals surface area (Å²) >= 11 is 6.43. The smallest absolute Gasteiger partial charge is 0.140 e. The van der Waals surface area contributed by atoms with Crippen molar-refractivity contribution in [3.8, 4) is 28.1 Å². The van der Waals surface area contributed by atoms with Crippen LogP contribution in [0, 0.1) is 0 Å². The summed E-state index contributed by atoms with van der Waals surface area (Å²) in [6.45, 7) is 3.69. The first-order valence-electron chi connectivity index (χ1n) is 8.98. The summed E-state index contributed by atoms with van der Waals surface area (Å²) in [5, 5.41) is 3.96. The number of benzene rings is 2. The lowest BCUT2D eigenvalue weighted by molar-refractivity contribution is 0.415. The lowest BCUT2D eigenvalue weighted by Gasteiger charge is -2.30. The van der Waals surface area contributed by atoms with Crippen LogP contribution in [0.5, 0.6) is 5.75 Å². The fourth-order valence-corrected chi connectivity index (χ4v) is 3.65. The number of piperazine rings is 1. The van der Waals surface area contributed by atoms with Crippen LogP contribution in [-0.2, 0) is 0 Å². The van der Waals surface area contributed by atoms with Crippen molar-refractivity contribution in [2.75, 3.05) is 38.2 Å². The van der Waals surface area contributed by atoms with E-state index in [2.05, 4.69) is 32.3 Å². The molecule has 1 aromatic heterocycles. The predicted molar refractivity (Wildman–Crippen MR) is 110 cm³/mol. The van der Waals surface area contributed by atoms with Crippen molar-refractivity contribution in [3.63, 3.8) is 0 Å². The van der Waals surface area contributed by atoms with Gasteiger partial charge in [-0.05, 0) is 17.7 Å². The van der Waals surface area contributed by atoms with Gasteiger partial charge in [0, 0.05) is 31.7 Å². The summed E-state index contributed by atoms with van der Waals surface area (Å²) in [7, 11) is 1.62. The SMILES string of the molecule is COc1ccc(-c2c(-c3ccccc3)ncnc2N2CCNCC2)cc1Cl. The Morgan fingerprint density at radius 3 is 2.48 bits per heavy atom. The van der Waals surface area contributed by atoms with Crippen LogP contribution < -0.4 is 15.0 Å². The minimum absolute atomic E-state index is 0.573. The van der Waals surface area contributed by atoms with Crippen LogP contribution in [0.15, 0.2) is 54.9 Å². The van der Waals surface area contributed by atoms with Crippen LogP contribution in [0.2, 0.25) is 5.02 Å². The van der Waals surface area contributed by atoms with Gasteiger partial charge in [-0.3, -0.25) is 0 Å². The van der Waals surface area contributed by atoms with Crippen molar-refractivity contribution < 1.29 is 4.74 Å². The highest BCUT2D eigenvalue weighted by atomic mass is 35.5. The van der Waals surface area contributed by atoms with E-state index < -0.39 is 0 Å². The largest absolute Gasteiger partial charge is 0.495 e. The highest BCUT2D eigenvalue weighted by molar-refractivity contribution is 6.32. The molecule has 3 aromatic rings. The molecule has 1 N–H and O–H groups in total. The van der Waals surface area contributed by atoms with Crippen molar-refractivity contribution >= 4 is 17.4 Å². The summed E-state index contributed by atoms with van der Waals surface area (Å²) in [4.78, 5) is 11.6. The van der Waals surface area contributed by atoms with Crippen molar-refractivity contribution in [2.24, 2.45) is 0 Å². The zero-order valence-electron chi connectivity index (χ0n) is 15.2. The number of hydrogen-bond acceptors (Lipinski definition) is 5. The summed E-state index contributed by atoms with van der Waals surface area (Å²) in [5.41, 5.74) is 3.93. The molecule has 5 nitrogen and oxygen atoms in total. The Bertz CT molecular complexity index is 927. The lowest BCUT2D eigenvalue weighted by Crippen LogP contribution is -2.44. The number of hydrogen-bond donors (Lipinski definition) is 1. The average Bonchev–Trinajstić information content (AvgIpc) is 2.74. The van der Waals surface area contributed by atoms with Crippen molar-refractivity contribution in [1.82, 2.24) is 15.3 Å². The maximum atomic E-state index is 6.43. The second kappa shape index (κ2) is 7.94. The van der Waals surface area contributed by atoms with E-state index in [0.717, 1.165) is 54.4 Å². The molecule has 0 unspecified atom stereocenters. The number of ether oxygens (including phenoxy) is 1. The summed E-state index contributed by atoms with van der Waals surface area (Å²) in [6, 6.07) is 16.0. The van der Waals surface area contributed by atoms with E-state index in [1.54, 1.807) is 13.4 Å². The summed E-state index contributed by atoms with van der Waals surface area (Å²) in [5.74, 6) is 1.59. The lowest BCUT2D eigenvalue weighted by atomic mass is 9.99. The van der Waals surface area contributed by atoms with Crippen LogP contribution >= 0.6 is 11.6 Å². The molecule has 2 aromatic carbocycles. The molecule has 2 heterocycles. The first-order valence-corrected chi connectivity index (χ1v) is 9.35. The number of anilines is 1. The van der Waals surface area contributed by atoms with E-state index in [0.29, 0.717) is 10.8 Å². The number of nitrogens with zero attached hydrogens (tertiary/aromatic N) is 3. The maximum absolute atomic E-state index is 6.43. The molecule has 138 valence electrons. The Hall–Kier alpha value is -2.63. The Morgan fingerprint density at radius 1 is 1.00 bits per heavy atom. The number of aromatic nitrogens is 2. The third kappa shape index (κ3) is 3.61. The molecule has 1 aliphatic heterocycles. The molecule has 27 heavy (non-hydrogen) atoms. The molecule has 4 rings (SSSR count). The molecular formula is C21H21ClN4O. The maximum Gasteiger partial charge on any atom is 0.140 e. The van der Waals surface area contributed by atoms with Gasteiger partial charge in [0.1, 0.15) is 17.9 Å². The number of halogens is 1. The van der Waals surface area contributed by atoms with Crippen molar-refractivity contribution in [1.29, 1.82) is 0 Å². The van der Waals surface area contributed by atoms with Gasteiger partial charge >= 0.3 is 0 Å². The van der Waals surface area contributed by atoms with Gasteiger partial charge in [-0.2, -0.15) is 0 Å². The first-order chi connectivity index (χ1) is 13.3. The highest BCUT2D eigenvalue weighted by Gasteiger charge is 2.21. The first kappa shape index (κ1) is 17.8. The van der Waals surface area contributed by atoms with Crippen LogP contribution in [0.3, 0.4) is 0 Å². The van der Waals surface area contributed by atoms with Gasteiger partial charge in [-0.15, -0.1) is 0 Å². The van der Waals surface area contributed by atoms with Gasteiger partial charge in [0.15, 0.2) is 0 Å². The van der Waals surface area contributed by atoms with Crippen LogP contribution in [-0.4, -0.2) is 43.3 Å². The van der Waals surface area contributed by atoms with E-state index in [-0.39, 0.29) is 0 Å². The van der Waals surface area contributed by atoms with Gasteiger partial charge in [-0.25, -0.2) is 9.97 Å². The molecule has 0 radical (unpaired) electrons.